The maximum absolute atomic E-state index is 12.8. The molecule has 31 heavy (non-hydrogen) atoms. The van der Waals surface area contributed by atoms with Crippen molar-refractivity contribution < 1.29 is 9.59 Å². The number of hydrogen-bond donors (Lipinski definition) is 3. The van der Waals surface area contributed by atoms with Gasteiger partial charge in [-0.2, -0.15) is 0 Å². The molecular weight excluding hydrogens is 505 g/mol. The van der Waals surface area contributed by atoms with Gasteiger partial charge in [-0.1, -0.05) is 31.4 Å². The van der Waals surface area contributed by atoms with Crippen LogP contribution in [0.5, 0.6) is 0 Å². The van der Waals surface area contributed by atoms with E-state index in [0.717, 1.165) is 43.9 Å². The number of carbonyl (C=O) groups excluding carboxylic acids is 2. The van der Waals surface area contributed by atoms with E-state index in [1.165, 1.54) is 19.3 Å². The number of halogens is 1. The third-order valence-electron chi connectivity index (χ3n) is 6.01. The Hall–Kier alpha value is -1.84. The minimum absolute atomic E-state index is 0. The van der Waals surface area contributed by atoms with Crippen LogP contribution in [0.3, 0.4) is 0 Å². The van der Waals surface area contributed by atoms with E-state index in [2.05, 4.69) is 20.9 Å². The van der Waals surface area contributed by atoms with E-state index >= 15 is 0 Å². The molecule has 0 aromatic heterocycles. The van der Waals surface area contributed by atoms with Crippen LogP contribution >= 0.6 is 24.0 Å². The first-order chi connectivity index (χ1) is 14.6. The predicted molar refractivity (Wildman–Crippen MR) is 135 cm³/mol. The van der Waals surface area contributed by atoms with Crippen molar-refractivity contribution in [3.63, 3.8) is 0 Å². The first-order valence-electron chi connectivity index (χ1n) is 11.2. The molecule has 1 atom stereocenters. The number of likely N-dealkylation sites (tertiary alicyclic amines) is 1. The highest BCUT2D eigenvalue weighted by Gasteiger charge is 2.31. The molecule has 0 spiro atoms. The first-order valence-corrected chi connectivity index (χ1v) is 11.2. The SMILES string of the molecule is CCNC(=O)c1cccc(CNC(=NC)NC2CCN(C(=O)C3CCCCC3)C2)c1.I. The Kier molecular flexibility index (Phi) is 10.6. The van der Waals surface area contributed by atoms with Gasteiger partial charge in [0.15, 0.2) is 5.96 Å². The van der Waals surface area contributed by atoms with E-state index in [9.17, 15) is 9.59 Å². The van der Waals surface area contributed by atoms with Crippen LogP contribution in [0.25, 0.3) is 0 Å². The molecule has 8 heteroatoms. The fraction of sp³-hybridized carbons (Fsp3) is 0.609. The molecule has 1 saturated carbocycles. The molecule has 1 aromatic rings. The van der Waals surface area contributed by atoms with Crippen molar-refractivity contribution in [2.45, 2.75) is 58.0 Å². The molecule has 7 nitrogen and oxygen atoms in total. The number of hydrogen-bond acceptors (Lipinski definition) is 3. The summed E-state index contributed by atoms with van der Waals surface area (Å²) in [6.07, 6.45) is 6.67. The summed E-state index contributed by atoms with van der Waals surface area (Å²) in [5, 5.41) is 9.59. The van der Waals surface area contributed by atoms with E-state index < -0.39 is 0 Å². The summed E-state index contributed by atoms with van der Waals surface area (Å²) < 4.78 is 0. The Labute approximate surface area is 202 Å². The monoisotopic (exact) mass is 541 g/mol. The van der Waals surface area contributed by atoms with Crippen LogP contribution in [0, 0.1) is 5.92 Å². The number of aliphatic imine (C=N–C) groups is 1. The summed E-state index contributed by atoms with van der Waals surface area (Å²) >= 11 is 0. The third-order valence-corrected chi connectivity index (χ3v) is 6.01. The average molecular weight is 541 g/mol. The van der Waals surface area contributed by atoms with Crippen LogP contribution in [-0.2, 0) is 11.3 Å². The van der Waals surface area contributed by atoms with E-state index in [1.807, 2.05) is 36.1 Å². The second-order valence-corrected chi connectivity index (χ2v) is 8.23. The van der Waals surface area contributed by atoms with Gasteiger partial charge in [0.1, 0.15) is 0 Å². The van der Waals surface area contributed by atoms with Gasteiger partial charge in [-0.25, -0.2) is 0 Å². The molecule has 3 N–H and O–H groups in total. The van der Waals surface area contributed by atoms with Crippen molar-refractivity contribution in [2.75, 3.05) is 26.7 Å². The fourth-order valence-electron chi connectivity index (χ4n) is 4.34. The van der Waals surface area contributed by atoms with Gasteiger partial charge in [-0.3, -0.25) is 14.6 Å². The smallest absolute Gasteiger partial charge is 0.251 e. The highest BCUT2D eigenvalue weighted by Crippen LogP contribution is 2.26. The Morgan fingerprint density at radius 2 is 1.90 bits per heavy atom. The quantitative estimate of drug-likeness (QED) is 0.294. The van der Waals surface area contributed by atoms with Crippen LogP contribution in [-0.4, -0.2) is 55.4 Å². The van der Waals surface area contributed by atoms with E-state index in [0.29, 0.717) is 24.6 Å². The second kappa shape index (κ2) is 12.9. The average Bonchev–Trinajstić information content (AvgIpc) is 3.25. The summed E-state index contributed by atoms with van der Waals surface area (Å²) in [7, 11) is 1.75. The van der Waals surface area contributed by atoms with Gasteiger partial charge in [0, 0.05) is 50.7 Å². The number of rotatable bonds is 6. The van der Waals surface area contributed by atoms with E-state index in [4.69, 9.17) is 0 Å². The lowest BCUT2D eigenvalue weighted by Gasteiger charge is -2.26. The van der Waals surface area contributed by atoms with Crippen LogP contribution in [0.15, 0.2) is 29.3 Å². The molecule has 1 aliphatic carbocycles. The Morgan fingerprint density at radius 3 is 2.61 bits per heavy atom. The van der Waals surface area contributed by atoms with Crippen molar-refractivity contribution in [2.24, 2.45) is 10.9 Å². The zero-order valence-electron chi connectivity index (χ0n) is 18.7. The van der Waals surface area contributed by atoms with Crippen molar-refractivity contribution in [3.8, 4) is 0 Å². The number of nitrogens with one attached hydrogen (secondary N) is 3. The molecule has 1 unspecified atom stereocenters. The molecule has 0 radical (unpaired) electrons. The van der Waals surface area contributed by atoms with E-state index in [-0.39, 0.29) is 41.8 Å². The Balaban J connectivity index is 0.00000341. The Morgan fingerprint density at radius 1 is 1.13 bits per heavy atom. The largest absolute Gasteiger partial charge is 0.352 e. The van der Waals surface area contributed by atoms with Crippen molar-refractivity contribution in [1.29, 1.82) is 0 Å². The van der Waals surface area contributed by atoms with Crippen LogP contribution in [0.2, 0.25) is 0 Å². The molecule has 1 saturated heterocycles. The molecule has 1 heterocycles. The van der Waals surface area contributed by atoms with Crippen molar-refractivity contribution in [3.05, 3.63) is 35.4 Å². The van der Waals surface area contributed by atoms with Crippen LogP contribution in [0.4, 0.5) is 0 Å². The highest BCUT2D eigenvalue weighted by molar-refractivity contribution is 14.0. The van der Waals surface area contributed by atoms with Crippen molar-refractivity contribution >= 4 is 41.8 Å². The molecule has 2 fully saturated rings. The van der Waals surface area contributed by atoms with Gasteiger partial charge in [0.05, 0.1) is 0 Å². The lowest BCUT2D eigenvalue weighted by atomic mass is 9.88. The summed E-state index contributed by atoms with van der Waals surface area (Å²) in [4.78, 5) is 31.1. The molecular formula is C23H36IN5O2. The normalized spacial score (nSPS) is 19.5. The van der Waals surface area contributed by atoms with Gasteiger partial charge in [-0.05, 0) is 43.9 Å². The predicted octanol–water partition coefficient (Wildman–Crippen LogP) is 2.90. The van der Waals surface area contributed by atoms with Gasteiger partial charge >= 0.3 is 0 Å². The highest BCUT2D eigenvalue weighted by atomic mass is 127. The number of carbonyl (C=O) groups is 2. The van der Waals surface area contributed by atoms with Gasteiger partial charge in [0.25, 0.3) is 5.91 Å². The molecule has 3 rings (SSSR count). The molecule has 0 bridgehead atoms. The summed E-state index contributed by atoms with van der Waals surface area (Å²) in [5.74, 6) is 1.22. The first kappa shape index (κ1) is 25.4. The molecule has 1 aliphatic heterocycles. The molecule has 2 amide bonds. The number of nitrogens with zero attached hydrogens (tertiary/aromatic N) is 2. The topological polar surface area (TPSA) is 85.8 Å². The van der Waals surface area contributed by atoms with Gasteiger partial charge in [-0.15, -0.1) is 24.0 Å². The van der Waals surface area contributed by atoms with Crippen LogP contribution < -0.4 is 16.0 Å². The zero-order valence-corrected chi connectivity index (χ0v) is 21.0. The molecule has 1 aromatic carbocycles. The maximum atomic E-state index is 12.8. The number of benzene rings is 1. The molecule has 172 valence electrons. The lowest BCUT2D eigenvalue weighted by molar-refractivity contribution is -0.135. The van der Waals surface area contributed by atoms with Gasteiger partial charge in [0.2, 0.25) is 5.91 Å². The minimum Gasteiger partial charge on any atom is -0.352 e. The van der Waals surface area contributed by atoms with Gasteiger partial charge < -0.3 is 20.9 Å². The van der Waals surface area contributed by atoms with E-state index in [1.54, 1.807) is 7.05 Å². The number of guanidine groups is 1. The van der Waals surface area contributed by atoms with Crippen LogP contribution in [0.1, 0.15) is 61.4 Å². The fourth-order valence-corrected chi connectivity index (χ4v) is 4.34. The zero-order chi connectivity index (χ0) is 21.3. The number of amides is 2. The second-order valence-electron chi connectivity index (χ2n) is 8.23. The summed E-state index contributed by atoms with van der Waals surface area (Å²) in [5.41, 5.74) is 1.67. The third kappa shape index (κ3) is 7.36. The summed E-state index contributed by atoms with van der Waals surface area (Å²) in [6.45, 7) is 4.65. The maximum Gasteiger partial charge on any atom is 0.251 e. The molecule has 2 aliphatic rings. The lowest BCUT2D eigenvalue weighted by Crippen LogP contribution is -2.45. The van der Waals surface area contributed by atoms with Crippen molar-refractivity contribution in [1.82, 2.24) is 20.9 Å². The Bertz CT molecular complexity index is 764. The summed E-state index contributed by atoms with van der Waals surface area (Å²) in [6, 6.07) is 7.81. The standard InChI is InChI=1S/C23H35N5O2.HI/c1-3-25-21(29)19-11-7-8-17(14-19)15-26-23(24-2)27-20-12-13-28(16-20)22(30)18-9-5-4-6-10-18;/h7-8,11,14,18,20H,3-6,9-10,12-13,15-16H2,1-2H3,(H,25,29)(H2,24,26,27);1H. The minimum atomic E-state index is -0.0597.